The van der Waals surface area contributed by atoms with Crippen molar-refractivity contribution in [2.45, 2.75) is 36.2 Å². The number of aromatic nitrogens is 2. The fourth-order valence-corrected chi connectivity index (χ4v) is 8.03. The van der Waals surface area contributed by atoms with Crippen LogP contribution in [-0.4, -0.2) is 83.2 Å². The molecule has 1 saturated heterocycles. The molecule has 1 fully saturated rings. The van der Waals surface area contributed by atoms with Crippen molar-refractivity contribution in [1.29, 1.82) is 0 Å². The number of carbonyl (C=O) groups is 1. The molecule has 5 rings (SSSR count). The molecule has 0 spiro atoms. The lowest BCUT2D eigenvalue weighted by Crippen LogP contribution is -2.62. The maximum atomic E-state index is 13.8. The summed E-state index contributed by atoms with van der Waals surface area (Å²) in [5.41, 5.74) is 13.2. The molecule has 1 amide bonds. The number of sulfonamides is 1. The highest BCUT2D eigenvalue weighted by molar-refractivity contribution is 7.91. The first-order valence-corrected chi connectivity index (χ1v) is 15.4. The molecule has 0 radical (unpaired) electrons. The summed E-state index contributed by atoms with van der Waals surface area (Å²) in [6.45, 7) is 5.08. The first-order chi connectivity index (χ1) is 18.9. The van der Waals surface area contributed by atoms with Crippen molar-refractivity contribution in [2.24, 2.45) is 5.73 Å². The van der Waals surface area contributed by atoms with Crippen LogP contribution in [0.25, 0.3) is 21.0 Å². The first kappa shape index (κ1) is 28.7. The number of benzene rings is 2. The maximum absolute atomic E-state index is 13.8. The van der Waals surface area contributed by atoms with Crippen LogP contribution in [0, 0.1) is 0 Å². The number of rotatable bonds is 8. The number of halogens is 1. The summed E-state index contributed by atoms with van der Waals surface area (Å²) in [5, 5.41) is 2.06. The van der Waals surface area contributed by atoms with Crippen LogP contribution in [0.5, 0.6) is 0 Å². The third-order valence-electron chi connectivity index (χ3n) is 7.64. The van der Waals surface area contributed by atoms with Gasteiger partial charge in [0.25, 0.3) is 10.0 Å². The Morgan fingerprint density at radius 2 is 1.95 bits per heavy atom. The van der Waals surface area contributed by atoms with Crippen LogP contribution < -0.4 is 11.5 Å². The van der Waals surface area contributed by atoms with E-state index >= 15 is 0 Å². The number of carbonyl (C=O) groups excluding carboxylic acids is 1. The predicted octanol–water partition coefficient (Wildman–Crippen LogP) is 3.15. The molecule has 0 aliphatic carbocycles. The van der Waals surface area contributed by atoms with Gasteiger partial charge >= 0.3 is 0 Å². The molecule has 0 unspecified atom stereocenters. The molecule has 4 aromatic rings. The Hall–Kier alpha value is -2.87. The van der Waals surface area contributed by atoms with Gasteiger partial charge in [0.1, 0.15) is 16.4 Å². The number of nitrogens with two attached hydrogens (primary N) is 2. The molecule has 212 valence electrons. The second-order valence-electron chi connectivity index (χ2n) is 10.7. The summed E-state index contributed by atoms with van der Waals surface area (Å²) < 4.78 is 29.8. The van der Waals surface area contributed by atoms with Crippen molar-refractivity contribution in [3.05, 3.63) is 59.4 Å². The van der Waals surface area contributed by atoms with E-state index in [1.807, 2.05) is 39.1 Å². The number of hydrogen-bond donors (Lipinski definition) is 2. The van der Waals surface area contributed by atoms with Gasteiger partial charge in [0.15, 0.2) is 0 Å². The average Bonchev–Trinajstić information content (AvgIpc) is 3.34. The van der Waals surface area contributed by atoms with Crippen molar-refractivity contribution in [1.82, 2.24) is 24.1 Å². The quantitative estimate of drug-likeness (QED) is 0.314. The second-order valence-corrected chi connectivity index (χ2v) is 14.4. The minimum atomic E-state index is -3.92. The van der Waals surface area contributed by atoms with E-state index in [4.69, 9.17) is 23.1 Å². The number of amides is 1. The minimum Gasteiger partial charge on any atom is -0.383 e. The van der Waals surface area contributed by atoms with E-state index < -0.39 is 16.1 Å². The third-order valence-corrected chi connectivity index (χ3v) is 11.2. The number of anilines is 1. The number of likely N-dealkylation sites (N-methyl/N-ethyl adjacent to an activating group) is 1. The van der Waals surface area contributed by atoms with E-state index in [-0.39, 0.29) is 28.7 Å². The standard InChI is InChI=1S/C27H32ClN7O3S2/c1-27(2,15-29)33(3)12-20-13-34(40(37,38)25-9-18-5-6-19(28)10-23(18)39-25)14-24(36)35(20)11-17-4-7-21-22(8-17)31-16-32-26(21)30/h4-10,16,20H,11-15,29H2,1-3H3,(H2,30,31,32)/t20-/m0/s1. The Labute approximate surface area is 242 Å². The molecule has 10 nitrogen and oxygen atoms in total. The van der Waals surface area contributed by atoms with Gasteiger partial charge in [-0.2, -0.15) is 4.31 Å². The summed E-state index contributed by atoms with van der Waals surface area (Å²) >= 11 is 7.27. The van der Waals surface area contributed by atoms with Crippen LogP contribution in [0.1, 0.15) is 19.4 Å². The summed E-state index contributed by atoms with van der Waals surface area (Å²) in [6.07, 6.45) is 1.41. The molecule has 2 aromatic carbocycles. The Kier molecular flexibility index (Phi) is 7.77. The second kappa shape index (κ2) is 10.8. The zero-order valence-corrected chi connectivity index (χ0v) is 24.9. The van der Waals surface area contributed by atoms with Gasteiger partial charge in [0, 0.05) is 46.8 Å². The topological polar surface area (TPSA) is 139 Å². The first-order valence-electron chi connectivity index (χ1n) is 12.8. The van der Waals surface area contributed by atoms with Crippen LogP contribution in [0.4, 0.5) is 5.82 Å². The number of thiophene rings is 1. The minimum absolute atomic E-state index is 0.150. The highest BCUT2D eigenvalue weighted by Crippen LogP contribution is 2.34. The van der Waals surface area contributed by atoms with Gasteiger partial charge in [0.05, 0.1) is 18.1 Å². The SMILES string of the molecule is CN(C[C@H]1CN(S(=O)(=O)c2cc3ccc(Cl)cc3s2)CC(=O)N1Cc1ccc2c(N)ncnc2c1)C(C)(C)CN. The number of fused-ring (bicyclic) bond motifs is 2. The van der Waals surface area contributed by atoms with Gasteiger partial charge in [-0.3, -0.25) is 9.69 Å². The smallest absolute Gasteiger partial charge is 0.253 e. The molecule has 2 aromatic heterocycles. The number of nitrogen functional groups attached to an aromatic ring is 1. The van der Waals surface area contributed by atoms with Gasteiger partial charge in [-0.1, -0.05) is 23.7 Å². The van der Waals surface area contributed by atoms with Gasteiger partial charge in [-0.25, -0.2) is 18.4 Å². The molecule has 0 bridgehead atoms. The lowest BCUT2D eigenvalue weighted by Gasteiger charge is -2.44. The molecule has 1 aliphatic rings. The zero-order valence-electron chi connectivity index (χ0n) is 22.5. The summed E-state index contributed by atoms with van der Waals surface area (Å²) in [7, 11) is -1.98. The number of hydrogen-bond acceptors (Lipinski definition) is 9. The predicted molar refractivity (Wildman–Crippen MR) is 160 cm³/mol. The van der Waals surface area contributed by atoms with E-state index in [9.17, 15) is 13.2 Å². The monoisotopic (exact) mass is 601 g/mol. The molecular formula is C27H32ClN7O3S2. The van der Waals surface area contributed by atoms with E-state index in [1.165, 1.54) is 10.6 Å². The van der Waals surface area contributed by atoms with Crippen LogP contribution in [0.15, 0.2) is 53.0 Å². The lowest BCUT2D eigenvalue weighted by molar-refractivity contribution is -0.139. The van der Waals surface area contributed by atoms with E-state index in [0.29, 0.717) is 36.0 Å². The maximum Gasteiger partial charge on any atom is 0.253 e. The molecular weight excluding hydrogens is 570 g/mol. The van der Waals surface area contributed by atoms with Crippen LogP contribution >= 0.6 is 22.9 Å². The van der Waals surface area contributed by atoms with Crippen LogP contribution in [0.3, 0.4) is 0 Å². The Balaban J connectivity index is 1.46. The highest BCUT2D eigenvalue weighted by atomic mass is 35.5. The van der Waals surface area contributed by atoms with Crippen molar-refractivity contribution in [3.8, 4) is 0 Å². The molecule has 1 atom stereocenters. The normalized spacial score (nSPS) is 17.4. The zero-order chi connectivity index (χ0) is 28.8. The Morgan fingerprint density at radius 1 is 1.18 bits per heavy atom. The van der Waals surface area contributed by atoms with Crippen molar-refractivity contribution in [2.75, 3.05) is 39.0 Å². The summed E-state index contributed by atoms with van der Waals surface area (Å²) in [5.74, 6) is 0.115. The third kappa shape index (κ3) is 5.52. The summed E-state index contributed by atoms with van der Waals surface area (Å²) in [6, 6.07) is 12.1. The van der Waals surface area contributed by atoms with Gasteiger partial charge in [-0.15, -0.1) is 11.3 Å². The van der Waals surface area contributed by atoms with Gasteiger partial charge in [-0.05, 0) is 62.2 Å². The van der Waals surface area contributed by atoms with E-state index in [0.717, 1.165) is 32.4 Å². The molecule has 1 aliphatic heterocycles. The molecule has 13 heteroatoms. The highest BCUT2D eigenvalue weighted by Gasteiger charge is 2.40. The van der Waals surface area contributed by atoms with E-state index in [2.05, 4.69) is 14.9 Å². The summed E-state index contributed by atoms with van der Waals surface area (Å²) in [4.78, 5) is 25.8. The van der Waals surface area contributed by atoms with Crippen molar-refractivity contribution in [3.63, 3.8) is 0 Å². The molecule has 3 heterocycles. The average molecular weight is 602 g/mol. The molecule has 4 N–H and O–H groups in total. The van der Waals surface area contributed by atoms with Crippen molar-refractivity contribution < 1.29 is 13.2 Å². The molecule has 0 saturated carbocycles. The lowest BCUT2D eigenvalue weighted by atomic mass is 10.0. The number of nitrogens with zero attached hydrogens (tertiary/aromatic N) is 5. The van der Waals surface area contributed by atoms with Crippen LogP contribution in [-0.2, 0) is 21.4 Å². The molecule has 40 heavy (non-hydrogen) atoms. The van der Waals surface area contributed by atoms with Gasteiger partial charge < -0.3 is 16.4 Å². The fourth-order valence-electron chi connectivity index (χ4n) is 4.77. The van der Waals surface area contributed by atoms with Crippen LogP contribution in [0.2, 0.25) is 5.02 Å². The Bertz CT molecular complexity index is 1690. The fraction of sp³-hybridized carbons (Fsp3) is 0.370. The Morgan fingerprint density at radius 3 is 2.70 bits per heavy atom. The van der Waals surface area contributed by atoms with Gasteiger partial charge in [0.2, 0.25) is 5.91 Å². The van der Waals surface area contributed by atoms with Crippen molar-refractivity contribution >= 4 is 65.7 Å². The largest absolute Gasteiger partial charge is 0.383 e. The number of piperazine rings is 1. The van der Waals surface area contributed by atoms with E-state index in [1.54, 1.807) is 29.2 Å².